The largest absolute Gasteiger partial charge is 0.313 e. The van der Waals surface area contributed by atoms with Gasteiger partial charge in [-0.25, -0.2) is 0 Å². The van der Waals surface area contributed by atoms with Crippen LogP contribution in [-0.2, 0) is 0 Å². The highest BCUT2D eigenvalue weighted by molar-refractivity contribution is 4.82. The predicted octanol–water partition coefficient (Wildman–Crippen LogP) is 3.52. The zero-order valence-corrected chi connectivity index (χ0v) is 13.3. The van der Waals surface area contributed by atoms with Gasteiger partial charge in [0, 0.05) is 19.1 Å². The van der Waals surface area contributed by atoms with Crippen molar-refractivity contribution in [2.75, 3.05) is 26.2 Å². The molecule has 1 fully saturated rings. The van der Waals surface area contributed by atoms with E-state index in [1.54, 1.807) is 0 Å². The molecule has 0 radical (unpaired) electrons. The molecule has 0 bridgehead atoms. The van der Waals surface area contributed by atoms with E-state index in [2.05, 4.69) is 44.8 Å². The van der Waals surface area contributed by atoms with E-state index in [0.29, 0.717) is 11.5 Å². The topological polar surface area (TPSA) is 15.3 Å². The van der Waals surface area contributed by atoms with Gasteiger partial charge in [-0.3, -0.25) is 0 Å². The molecule has 1 heterocycles. The summed E-state index contributed by atoms with van der Waals surface area (Å²) in [6.07, 6.45) is 5.32. The molecule has 0 spiro atoms. The molecule has 1 aliphatic rings. The third-order valence-corrected chi connectivity index (χ3v) is 4.65. The summed E-state index contributed by atoms with van der Waals surface area (Å²) in [6, 6.07) is 0.662. The van der Waals surface area contributed by atoms with E-state index in [-0.39, 0.29) is 0 Å². The lowest BCUT2D eigenvalue weighted by Gasteiger charge is -2.37. The highest BCUT2D eigenvalue weighted by Crippen LogP contribution is 2.22. The molecule has 2 atom stereocenters. The normalized spacial score (nSPS) is 24.2. The molecule has 2 unspecified atom stereocenters. The minimum Gasteiger partial charge on any atom is -0.313 e. The van der Waals surface area contributed by atoms with Gasteiger partial charge in [-0.1, -0.05) is 27.7 Å². The van der Waals surface area contributed by atoms with Crippen LogP contribution in [0.1, 0.15) is 60.3 Å². The molecule has 0 saturated carbocycles. The van der Waals surface area contributed by atoms with Crippen LogP contribution in [0.4, 0.5) is 0 Å². The van der Waals surface area contributed by atoms with Gasteiger partial charge in [-0.2, -0.15) is 0 Å². The van der Waals surface area contributed by atoms with Crippen molar-refractivity contribution in [3.05, 3.63) is 0 Å². The van der Waals surface area contributed by atoms with Crippen molar-refractivity contribution in [1.29, 1.82) is 0 Å². The molecule has 0 aromatic heterocycles. The fourth-order valence-corrected chi connectivity index (χ4v) is 2.75. The lowest BCUT2D eigenvalue weighted by molar-refractivity contribution is 0.145. The Labute approximate surface area is 115 Å². The number of hydrogen-bond donors (Lipinski definition) is 1. The Balaban J connectivity index is 2.34. The van der Waals surface area contributed by atoms with E-state index >= 15 is 0 Å². The molecule has 0 aromatic carbocycles. The second-order valence-corrected chi connectivity index (χ2v) is 6.89. The molecule has 0 aliphatic carbocycles. The first-order valence-corrected chi connectivity index (χ1v) is 7.94. The second-order valence-electron chi connectivity index (χ2n) is 6.89. The van der Waals surface area contributed by atoms with Gasteiger partial charge in [0.2, 0.25) is 0 Å². The molecular weight excluding hydrogens is 220 g/mol. The lowest BCUT2D eigenvalue weighted by Crippen LogP contribution is -2.46. The SMILES string of the molecule is CCCN1CCCC(C(C)NCC(C)(C)CC)C1. The summed E-state index contributed by atoms with van der Waals surface area (Å²) in [4.78, 5) is 2.65. The van der Waals surface area contributed by atoms with E-state index < -0.39 is 0 Å². The highest BCUT2D eigenvalue weighted by Gasteiger charge is 2.25. The fourth-order valence-electron chi connectivity index (χ4n) is 2.75. The summed E-state index contributed by atoms with van der Waals surface area (Å²) in [5, 5.41) is 3.78. The fraction of sp³-hybridized carbons (Fsp3) is 1.00. The molecule has 18 heavy (non-hydrogen) atoms. The van der Waals surface area contributed by atoms with Crippen LogP contribution >= 0.6 is 0 Å². The maximum atomic E-state index is 3.78. The summed E-state index contributed by atoms with van der Waals surface area (Å²) < 4.78 is 0. The molecule has 0 aromatic rings. The maximum Gasteiger partial charge on any atom is 0.00794 e. The lowest BCUT2D eigenvalue weighted by atomic mass is 9.87. The first-order valence-electron chi connectivity index (χ1n) is 7.94. The minimum absolute atomic E-state index is 0.437. The molecule has 1 N–H and O–H groups in total. The van der Waals surface area contributed by atoms with Gasteiger partial charge < -0.3 is 10.2 Å². The van der Waals surface area contributed by atoms with Gasteiger partial charge in [0.05, 0.1) is 0 Å². The Morgan fingerprint density at radius 1 is 1.33 bits per heavy atom. The third-order valence-electron chi connectivity index (χ3n) is 4.65. The first kappa shape index (κ1) is 16.0. The first-order chi connectivity index (χ1) is 8.48. The summed E-state index contributed by atoms with van der Waals surface area (Å²) in [7, 11) is 0. The number of likely N-dealkylation sites (tertiary alicyclic amines) is 1. The standard InChI is InChI=1S/C16H34N2/c1-6-10-18-11-8-9-15(12-18)14(3)17-13-16(4,5)7-2/h14-15,17H,6-13H2,1-5H3. The zero-order chi connectivity index (χ0) is 13.6. The van der Waals surface area contributed by atoms with Gasteiger partial charge in [0.1, 0.15) is 0 Å². The smallest absolute Gasteiger partial charge is 0.00794 e. The predicted molar refractivity (Wildman–Crippen MR) is 81.0 cm³/mol. The molecule has 2 nitrogen and oxygen atoms in total. The molecule has 108 valence electrons. The highest BCUT2D eigenvalue weighted by atomic mass is 15.1. The second kappa shape index (κ2) is 7.49. The minimum atomic E-state index is 0.437. The summed E-state index contributed by atoms with van der Waals surface area (Å²) >= 11 is 0. The average molecular weight is 254 g/mol. The van der Waals surface area contributed by atoms with E-state index in [9.17, 15) is 0 Å². The van der Waals surface area contributed by atoms with Crippen molar-refractivity contribution in [2.45, 2.75) is 66.3 Å². The van der Waals surface area contributed by atoms with Crippen LogP contribution < -0.4 is 5.32 Å². The van der Waals surface area contributed by atoms with E-state index in [1.807, 2.05) is 0 Å². The molecule has 1 aliphatic heterocycles. The van der Waals surface area contributed by atoms with Gasteiger partial charge >= 0.3 is 0 Å². The van der Waals surface area contributed by atoms with E-state index in [0.717, 1.165) is 12.5 Å². The van der Waals surface area contributed by atoms with Crippen LogP contribution in [0.3, 0.4) is 0 Å². The van der Waals surface area contributed by atoms with E-state index in [4.69, 9.17) is 0 Å². The zero-order valence-electron chi connectivity index (χ0n) is 13.3. The number of rotatable bonds is 7. The average Bonchev–Trinajstić information content (AvgIpc) is 2.37. The summed E-state index contributed by atoms with van der Waals surface area (Å²) in [5.41, 5.74) is 0.437. The summed E-state index contributed by atoms with van der Waals surface area (Å²) in [6.45, 7) is 16.7. The van der Waals surface area contributed by atoms with Crippen LogP contribution in [0, 0.1) is 11.3 Å². The van der Waals surface area contributed by atoms with Crippen LogP contribution in [0.2, 0.25) is 0 Å². The van der Waals surface area contributed by atoms with Gasteiger partial charge in [0.25, 0.3) is 0 Å². The number of nitrogens with zero attached hydrogens (tertiary/aromatic N) is 1. The quantitative estimate of drug-likeness (QED) is 0.748. The molecule has 1 saturated heterocycles. The van der Waals surface area contributed by atoms with Crippen molar-refractivity contribution in [3.8, 4) is 0 Å². The third kappa shape index (κ3) is 5.27. The monoisotopic (exact) mass is 254 g/mol. The number of nitrogens with one attached hydrogen (secondary N) is 1. The van der Waals surface area contributed by atoms with Gasteiger partial charge in [-0.05, 0) is 57.0 Å². The Kier molecular flexibility index (Phi) is 6.65. The van der Waals surface area contributed by atoms with Crippen molar-refractivity contribution < 1.29 is 0 Å². The van der Waals surface area contributed by atoms with Crippen molar-refractivity contribution >= 4 is 0 Å². The van der Waals surface area contributed by atoms with Crippen LogP contribution in [-0.4, -0.2) is 37.1 Å². The van der Waals surface area contributed by atoms with Crippen LogP contribution in [0.15, 0.2) is 0 Å². The van der Waals surface area contributed by atoms with Crippen LogP contribution in [0.25, 0.3) is 0 Å². The van der Waals surface area contributed by atoms with Gasteiger partial charge in [-0.15, -0.1) is 0 Å². The number of hydrogen-bond acceptors (Lipinski definition) is 2. The Morgan fingerprint density at radius 3 is 2.67 bits per heavy atom. The van der Waals surface area contributed by atoms with Crippen molar-refractivity contribution in [3.63, 3.8) is 0 Å². The summed E-state index contributed by atoms with van der Waals surface area (Å²) in [5.74, 6) is 0.845. The molecular formula is C16H34N2. The molecule has 0 amide bonds. The number of piperidine rings is 1. The Bertz CT molecular complexity index is 223. The molecule has 1 rings (SSSR count). The Hall–Kier alpha value is -0.0800. The van der Waals surface area contributed by atoms with E-state index in [1.165, 1.54) is 45.3 Å². The van der Waals surface area contributed by atoms with Crippen molar-refractivity contribution in [1.82, 2.24) is 10.2 Å². The van der Waals surface area contributed by atoms with Gasteiger partial charge in [0.15, 0.2) is 0 Å². The Morgan fingerprint density at radius 2 is 2.06 bits per heavy atom. The van der Waals surface area contributed by atoms with Crippen LogP contribution in [0.5, 0.6) is 0 Å². The molecule has 2 heteroatoms. The maximum absolute atomic E-state index is 3.78. The van der Waals surface area contributed by atoms with Crippen molar-refractivity contribution in [2.24, 2.45) is 11.3 Å².